The standard InChI is InChI=1S/C22H25N5O5S2/c1-12-16(20(29)31-5)19(34-17(12)21(30)32-6)23-15(28)11-33-22-25-24-18(27(22)4)13-7-9-14(10-8-13)26(2)3/h7-10H,11H2,1-6H3,(H,23,28). The number of thioether (sulfide) groups is 1. The van der Waals surface area contributed by atoms with Crippen LogP contribution in [0.2, 0.25) is 0 Å². The number of carbonyl (C=O) groups is 3. The number of amides is 1. The highest BCUT2D eigenvalue weighted by Crippen LogP contribution is 2.34. The highest BCUT2D eigenvalue weighted by atomic mass is 32.2. The van der Waals surface area contributed by atoms with Gasteiger partial charge in [-0.2, -0.15) is 0 Å². The molecule has 0 saturated heterocycles. The van der Waals surface area contributed by atoms with Gasteiger partial charge in [-0.25, -0.2) is 9.59 Å². The topological polar surface area (TPSA) is 116 Å². The Morgan fingerprint density at radius 3 is 2.32 bits per heavy atom. The maximum atomic E-state index is 12.6. The summed E-state index contributed by atoms with van der Waals surface area (Å²) in [6, 6.07) is 7.92. The molecule has 0 aliphatic heterocycles. The zero-order valence-corrected chi connectivity index (χ0v) is 21.3. The summed E-state index contributed by atoms with van der Waals surface area (Å²) in [4.78, 5) is 39.1. The number of thiophene rings is 1. The second-order valence-corrected chi connectivity index (χ2v) is 9.35. The van der Waals surface area contributed by atoms with E-state index < -0.39 is 11.9 Å². The second kappa shape index (κ2) is 10.7. The lowest BCUT2D eigenvalue weighted by atomic mass is 10.1. The Bertz CT molecular complexity index is 1220. The smallest absolute Gasteiger partial charge is 0.348 e. The first kappa shape index (κ1) is 25.2. The summed E-state index contributed by atoms with van der Waals surface area (Å²) in [6.07, 6.45) is 0. The minimum atomic E-state index is -0.648. The number of carbonyl (C=O) groups excluding carboxylic acids is 3. The van der Waals surface area contributed by atoms with Gasteiger partial charge >= 0.3 is 11.9 Å². The van der Waals surface area contributed by atoms with E-state index in [0.717, 1.165) is 22.6 Å². The van der Waals surface area contributed by atoms with Crippen LogP contribution in [0.1, 0.15) is 25.6 Å². The number of hydrogen-bond acceptors (Lipinski definition) is 10. The first-order valence-corrected chi connectivity index (χ1v) is 11.9. The maximum absolute atomic E-state index is 12.6. The summed E-state index contributed by atoms with van der Waals surface area (Å²) >= 11 is 2.17. The normalized spacial score (nSPS) is 10.6. The molecule has 34 heavy (non-hydrogen) atoms. The summed E-state index contributed by atoms with van der Waals surface area (Å²) in [5.41, 5.74) is 2.50. The number of esters is 2. The molecular weight excluding hydrogens is 478 g/mol. The zero-order chi connectivity index (χ0) is 25.0. The number of anilines is 2. The van der Waals surface area contributed by atoms with Gasteiger partial charge in [-0.15, -0.1) is 21.5 Å². The van der Waals surface area contributed by atoms with Crippen LogP contribution >= 0.6 is 23.1 Å². The number of rotatable bonds is 8. The van der Waals surface area contributed by atoms with Crippen molar-refractivity contribution in [2.75, 3.05) is 44.3 Å². The van der Waals surface area contributed by atoms with E-state index in [4.69, 9.17) is 9.47 Å². The lowest BCUT2D eigenvalue weighted by Crippen LogP contribution is -2.16. The largest absolute Gasteiger partial charge is 0.465 e. The zero-order valence-electron chi connectivity index (χ0n) is 19.7. The number of hydrogen-bond donors (Lipinski definition) is 1. The van der Waals surface area contributed by atoms with Gasteiger partial charge in [0.1, 0.15) is 9.88 Å². The van der Waals surface area contributed by atoms with Crippen molar-refractivity contribution >= 4 is 51.6 Å². The molecule has 0 unspecified atom stereocenters. The molecule has 12 heteroatoms. The van der Waals surface area contributed by atoms with Crippen molar-refractivity contribution in [1.82, 2.24) is 14.8 Å². The number of benzene rings is 1. The van der Waals surface area contributed by atoms with Gasteiger partial charge in [-0.1, -0.05) is 11.8 Å². The molecule has 0 aliphatic carbocycles. The monoisotopic (exact) mass is 503 g/mol. The van der Waals surface area contributed by atoms with Crippen LogP contribution in [0.25, 0.3) is 11.4 Å². The molecule has 2 aromatic heterocycles. The van der Waals surface area contributed by atoms with Gasteiger partial charge in [0, 0.05) is 32.4 Å². The number of aromatic nitrogens is 3. The summed E-state index contributed by atoms with van der Waals surface area (Å²) in [6.45, 7) is 1.60. The minimum Gasteiger partial charge on any atom is -0.465 e. The molecule has 0 aliphatic rings. The third-order valence-electron chi connectivity index (χ3n) is 4.97. The fraction of sp³-hybridized carbons (Fsp3) is 0.318. The Balaban J connectivity index is 1.72. The predicted octanol–water partition coefficient (Wildman–Crippen LogP) is 3.22. The van der Waals surface area contributed by atoms with Crippen molar-refractivity contribution in [3.8, 4) is 11.4 Å². The van der Waals surface area contributed by atoms with Crippen molar-refractivity contribution in [2.24, 2.45) is 7.05 Å². The predicted molar refractivity (Wildman–Crippen MR) is 132 cm³/mol. The van der Waals surface area contributed by atoms with E-state index in [2.05, 4.69) is 15.5 Å². The molecule has 3 rings (SSSR count). The van der Waals surface area contributed by atoms with Gasteiger partial charge in [-0.05, 0) is 36.8 Å². The van der Waals surface area contributed by atoms with Crippen LogP contribution in [0.4, 0.5) is 10.7 Å². The number of nitrogens with zero attached hydrogens (tertiary/aromatic N) is 4. The van der Waals surface area contributed by atoms with Crippen LogP contribution in [0.15, 0.2) is 29.4 Å². The summed E-state index contributed by atoms with van der Waals surface area (Å²) in [5, 5.41) is 11.9. The molecule has 0 spiro atoms. The molecule has 0 saturated carbocycles. The van der Waals surface area contributed by atoms with Crippen LogP contribution in [0.3, 0.4) is 0 Å². The molecule has 10 nitrogen and oxygen atoms in total. The van der Waals surface area contributed by atoms with Crippen LogP contribution in [-0.2, 0) is 21.3 Å². The molecule has 2 heterocycles. The van der Waals surface area contributed by atoms with Gasteiger partial charge in [0.05, 0.1) is 25.5 Å². The fourth-order valence-corrected chi connectivity index (χ4v) is 4.97. The van der Waals surface area contributed by atoms with E-state index >= 15 is 0 Å². The molecule has 0 radical (unpaired) electrons. The quantitative estimate of drug-likeness (QED) is 0.365. The van der Waals surface area contributed by atoms with Crippen LogP contribution < -0.4 is 10.2 Å². The lowest BCUT2D eigenvalue weighted by Gasteiger charge is -2.12. The first-order valence-electron chi connectivity index (χ1n) is 10.1. The van der Waals surface area contributed by atoms with E-state index in [1.165, 1.54) is 26.0 Å². The molecule has 0 atom stereocenters. The summed E-state index contributed by atoms with van der Waals surface area (Å²) in [7, 11) is 8.26. The number of methoxy groups -OCH3 is 2. The van der Waals surface area contributed by atoms with Gasteiger partial charge in [0.2, 0.25) is 5.91 Å². The van der Waals surface area contributed by atoms with E-state index in [-0.39, 0.29) is 27.1 Å². The molecular formula is C22H25N5O5S2. The Morgan fingerprint density at radius 1 is 1.09 bits per heavy atom. The molecule has 1 N–H and O–H groups in total. The van der Waals surface area contributed by atoms with Crippen LogP contribution in [0, 0.1) is 6.92 Å². The second-order valence-electron chi connectivity index (χ2n) is 7.39. The minimum absolute atomic E-state index is 0.0245. The lowest BCUT2D eigenvalue weighted by molar-refractivity contribution is -0.113. The molecule has 3 aromatic rings. The van der Waals surface area contributed by atoms with Crippen molar-refractivity contribution in [3.05, 3.63) is 40.3 Å². The van der Waals surface area contributed by atoms with Gasteiger partial charge in [-0.3, -0.25) is 4.79 Å². The van der Waals surface area contributed by atoms with Crippen molar-refractivity contribution in [3.63, 3.8) is 0 Å². The Morgan fingerprint density at radius 2 is 1.74 bits per heavy atom. The average Bonchev–Trinajstić information content (AvgIpc) is 3.35. The van der Waals surface area contributed by atoms with Crippen molar-refractivity contribution < 1.29 is 23.9 Å². The van der Waals surface area contributed by atoms with Gasteiger partial charge in [0.15, 0.2) is 11.0 Å². The SMILES string of the molecule is COC(=O)c1sc(NC(=O)CSc2nnc(-c3ccc(N(C)C)cc3)n2C)c(C(=O)OC)c1C. The van der Waals surface area contributed by atoms with E-state index in [1.807, 2.05) is 54.9 Å². The first-order chi connectivity index (χ1) is 16.2. The third-order valence-corrected chi connectivity index (χ3v) is 7.18. The molecule has 0 fully saturated rings. The molecule has 1 amide bonds. The van der Waals surface area contributed by atoms with E-state index in [0.29, 0.717) is 16.5 Å². The summed E-state index contributed by atoms with van der Waals surface area (Å²) < 4.78 is 11.4. The highest BCUT2D eigenvalue weighted by Gasteiger charge is 2.27. The number of ether oxygens (including phenoxy) is 2. The van der Waals surface area contributed by atoms with Crippen molar-refractivity contribution in [1.29, 1.82) is 0 Å². The van der Waals surface area contributed by atoms with Crippen LogP contribution in [-0.4, -0.2) is 66.7 Å². The van der Waals surface area contributed by atoms with Crippen LogP contribution in [0.5, 0.6) is 0 Å². The van der Waals surface area contributed by atoms with E-state index in [9.17, 15) is 14.4 Å². The third kappa shape index (κ3) is 5.23. The fourth-order valence-electron chi connectivity index (χ4n) is 3.13. The van der Waals surface area contributed by atoms with Gasteiger partial charge < -0.3 is 24.3 Å². The Labute approximate surface area is 205 Å². The average molecular weight is 504 g/mol. The molecule has 0 bridgehead atoms. The van der Waals surface area contributed by atoms with Crippen molar-refractivity contribution in [2.45, 2.75) is 12.1 Å². The molecule has 180 valence electrons. The highest BCUT2D eigenvalue weighted by molar-refractivity contribution is 7.99. The molecule has 1 aromatic carbocycles. The van der Waals surface area contributed by atoms with Gasteiger partial charge in [0.25, 0.3) is 0 Å². The Kier molecular flexibility index (Phi) is 7.94. The maximum Gasteiger partial charge on any atom is 0.348 e. The van der Waals surface area contributed by atoms with E-state index in [1.54, 1.807) is 6.92 Å². The summed E-state index contributed by atoms with van der Waals surface area (Å²) in [5.74, 6) is -0.903. The number of nitrogens with one attached hydrogen (secondary N) is 1. The Hall–Kier alpha value is -3.38.